The lowest BCUT2D eigenvalue weighted by Crippen LogP contribution is -2.18. The van der Waals surface area contributed by atoms with E-state index in [0.717, 1.165) is 0 Å². The van der Waals surface area contributed by atoms with Crippen molar-refractivity contribution in [2.75, 3.05) is 7.11 Å². The standard InChI is InChI=1S/C10H14N2O3S/c1-5-6(2)11-10(12-8(5)13)16-7(3)9(14)15-4/h7H,1-4H3,(H,11,12,13). The first kappa shape index (κ1) is 12.8. The largest absolute Gasteiger partial charge is 0.468 e. The molecule has 1 atom stereocenters. The van der Waals surface area contributed by atoms with Crippen molar-refractivity contribution in [1.29, 1.82) is 0 Å². The highest BCUT2D eigenvalue weighted by molar-refractivity contribution is 8.00. The Kier molecular flexibility index (Phi) is 4.12. The van der Waals surface area contributed by atoms with E-state index in [1.165, 1.54) is 18.9 Å². The fraction of sp³-hybridized carbons (Fsp3) is 0.500. The van der Waals surface area contributed by atoms with Gasteiger partial charge in [-0.05, 0) is 20.8 Å². The second kappa shape index (κ2) is 5.16. The van der Waals surface area contributed by atoms with E-state index in [-0.39, 0.29) is 11.5 Å². The van der Waals surface area contributed by atoms with Gasteiger partial charge in [0.05, 0.1) is 7.11 Å². The Morgan fingerprint density at radius 1 is 1.50 bits per heavy atom. The maximum absolute atomic E-state index is 11.5. The number of hydrogen-bond donors (Lipinski definition) is 1. The van der Waals surface area contributed by atoms with Gasteiger partial charge in [0.2, 0.25) is 0 Å². The third kappa shape index (κ3) is 2.85. The summed E-state index contributed by atoms with van der Waals surface area (Å²) in [5, 5.41) is 0.0428. The van der Waals surface area contributed by atoms with Crippen molar-refractivity contribution in [1.82, 2.24) is 9.97 Å². The molecule has 1 N–H and O–H groups in total. The molecular weight excluding hydrogens is 228 g/mol. The van der Waals surface area contributed by atoms with Gasteiger partial charge in [-0.25, -0.2) is 4.98 Å². The monoisotopic (exact) mass is 242 g/mol. The van der Waals surface area contributed by atoms with Gasteiger partial charge in [-0.1, -0.05) is 11.8 Å². The van der Waals surface area contributed by atoms with E-state index in [9.17, 15) is 9.59 Å². The third-order valence-electron chi connectivity index (χ3n) is 2.19. The maximum Gasteiger partial charge on any atom is 0.318 e. The van der Waals surface area contributed by atoms with E-state index >= 15 is 0 Å². The molecule has 0 saturated carbocycles. The average molecular weight is 242 g/mol. The van der Waals surface area contributed by atoms with E-state index in [1.54, 1.807) is 20.8 Å². The second-order valence-corrected chi connectivity index (χ2v) is 4.69. The molecule has 0 aliphatic heterocycles. The van der Waals surface area contributed by atoms with Gasteiger partial charge in [-0.15, -0.1) is 0 Å². The van der Waals surface area contributed by atoms with E-state index in [4.69, 9.17) is 0 Å². The smallest absolute Gasteiger partial charge is 0.318 e. The average Bonchev–Trinajstić information content (AvgIpc) is 2.24. The molecule has 0 aliphatic rings. The minimum Gasteiger partial charge on any atom is -0.468 e. The number of aromatic nitrogens is 2. The molecule has 1 aromatic heterocycles. The Morgan fingerprint density at radius 3 is 2.62 bits per heavy atom. The first-order valence-corrected chi connectivity index (χ1v) is 5.65. The predicted octanol–water partition coefficient (Wildman–Crippen LogP) is 1.04. The molecule has 1 rings (SSSR count). The Balaban J connectivity index is 2.91. The minimum absolute atomic E-state index is 0.174. The molecule has 16 heavy (non-hydrogen) atoms. The number of carbonyl (C=O) groups excluding carboxylic acids is 1. The highest BCUT2D eigenvalue weighted by Gasteiger charge is 2.16. The quantitative estimate of drug-likeness (QED) is 0.487. The summed E-state index contributed by atoms with van der Waals surface area (Å²) >= 11 is 1.17. The van der Waals surface area contributed by atoms with Crippen LogP contribution in [0.5, 0.6) is 0 Å². The molecule has 0 aliphatic carbocycles. The normalized spacial score (nSPS) is 12.2. The van der Waals surface area contributed by atoms with Crippen LogP contribution in [0.25, 0.3) is 0 Å². The Bertz CT molecular complexity index is 456. The molecular formula is C10H14N2O3S. The lowest BCUT2D eigenvalue weighted by atomic mass is 10.3. The molecule has 6 heteroatoms. The van der Waals surface area contributed by atoms with E-state index in [1.807, 2.05) is 0 Å². The van der Waals surface area contributed by atoms with Crippen LogP contribution in [0, 0.1) is 13.8 Å². The summed E-state index contributed by atoms with van der Waals surface area (Å²) in [5.74, 6) is -0.342. The number of ether oxygens (including phenoxy) is 1. The van der Waals surface area contributed by atoms with Crippen LogP contribution in [0.1, 0.15) is 18.2 Å². The van der Waals surface area contributed by atoms with Gasteiger partial charge in [-0.2, -0.15) is 0 Å². The molecule has 1 unspecified atom stereocenters. The van der Waals surface area contributed by atoms with Gasteiger partial charge in [-0.3, -0.25) is 9.59 Å². The van der Waals surface area contributed by atoms with Gasteiger partial charge in [0.15, 0.2) is 5.16 Å². The number of nitrogens with one attached hydrogen (secondary N) is 1. The molecule has 5 nitrogen and oxygen atoms in total. The maximum atomic E-state index is 11.5. The third-order valence-corrected chi connectivity index (χ3v) is 3.16. The topological polar surface area (TPSA) is 72.0 Å². The molecule has 1 heterocycles. The van der Waals surface area contributed by atoms with Gasteiger partial charge in [0, 0.05) is 11.3 Å². The van der Waals surface area contributed by atoms with Crippen LogP contribution in [0.4, 0.5) is 0 Å². The number of nitrogens with zero attached hydrogens (tertiary/aromatic N) is 1. The number of thioether (sulfide) groups is 1. The number of esters is 1. The summed E-state index contributed by atoms with van der Waals surface area (Å²) in [5.41, 5.74) is 1.09. The van der Waals surface area contributed by atoms with Gasteiger partial charge >= 0.3 is 5.97 Å². The molecule has 0 bridgehead atoms. The van der Waals surface area contributed by atoms with Crippen molar-refractivity contribution in [2.45, 2.75) is 31.2 Å². The predicted molar refractivity (Wildman–Crippen MR) is 61.7 cm³/mol. The zero-order valence-electron chi connectivity index (χ0n) is 9.66. The highest BCUT2D eigenvalue weighted by Crippen LogP contribution is 2.19. The fourth-order valence-electron chi connectivity index (χ4n) is 1.06. The molecule has 0 saturated heterocycles. The zero-order chi connectivity index (χ0) is 12.3. The Labute approximate surface area is 97.6 Å². The summed E-state index contributed by atoms with van der Waals surface area (Å²) < 4.78 is 4.59. The van der Waals surface area contributed by atoms with Crippen molar-refractivity contribution < 1.29 is 9.53 Å². The van der Waals surface area contributed by atoms with Gasteiger partial charge in [0.25, 0.3) is 5.56 Å². The number of carbonyl (C=O) groups is 1. The number of methoxy groups -OCH3 is 1. The van der Waals surface area contributed by atoms with E-state index in [0.29, 0.717) is 16.4 Å². The summed E-state index contributed by atoms with van der Waals surface area (Å²) in [6, 6.07) is 0. The number of H-pyrrole nitrogens is 1. The summed E-state index contributed by atoms with van der Waals surface area (Å²) in [6.45, 7) is 5.17. The number of aromatic amines is 1. The van der Waals surface area contributed by atoms with Gasteiger partial charge < -0.3 is 9.72 Å². The zero-order valence-corrected chi connectivity index (χ0v) is 10.5. The SMILES string of the molecule is COC(=O)C(C)Sc1nc(C)c(C)c(=O)[nH]1. The van der Waals surface area contributed by atoms with E-state index < -0.39 is 5.25 Å². The fourth-order valence-corrected chi connectivity index (χ4v) is 1.93. The van der Waals surface area contributed by atoms with Crippen molar-refractivity contribution in [3.05, 3.63) is 21.6 Å². The number of rotatable bonds is 3. The lowest BCUT2D eigenvalue weighted by Gasteiger charge is -2.08. The molecule has 0 amide bonds. The van der Waals surface area contributed by atoms with Crippen LogP contribution >= 0.6 is 11.8 Å². The van der Waals surface area contributed by atoms with Crippen LogP contribution in [-0.2, 0) is 9.53 Å². The van der Waals surface area contributed by atoms with Gasteiger partial charge in [0.1, 0.15) is 5.25 Å². The lowest BCUT2D eigenvalue weighted by molar-refractivity contribution is -0.139. The van der Waals surface area contributed by atoms with Crippen molar-refractivity contribution in [3.63, 3.8) is 0 Å². The van der Waals surface area contributed by atoms with Crippen molar-refractivity contribution in [2.24, 2.45) is 0 Å². The van der Waals surface area contributed by atoms with Crippen LogP contribution in [0.3, 0.4) is 0 Å². The summed E-state index contributed by atoms with van der Waals surface area (Å²) in [4.78, 5) is 29.5. The number of aryl methyl sites for hydroxylation is 1. The molecule has 0 fully saturated rings. The second-order valence-electron chi connectivity index (χ2n) is 3.36. The molecule has 0 spiro atoms. The minimum atomic E-state index is -0.393. The van der Waals surface area contributed by atoms with Crippen molar-refractivity contribution in [3.8, 4) is 0 Å². The van der Waals surface area contributed by atoms with Crippen molar-refractivity contribution >= 4 is 17.7 Å². The molecule has 88 valence electrons. The van der Waals surface area contributed by atoms with Crippen LogP contribution in [0.2, 0.25) is 0 Å². The molecule has 0 radical (unpaired) electrons. The van der Waals surface area contributed by atoms with Crippen LogP contribution in [0.15, 0.2) is 9.95 Å². The Morgan fingerprint density at radius 2 is 2.12 bits per heavy atom. The number of hydrogen-bond acceptors (Lipinski definition) is 5. The van der Waals surface area contributed by atoms with E-state index in [2.05, 4.69) is 14.7 Å². The summed E-state index contributed by atoms with van der Waals surface area (Å²) in [7, 11) is 1.33. The highest BCUT2D eigenvalue weighted by atomic mass is 32.2. The first-order chi connectivity index (χ1) is 7.45. The summed E-state index contributed by atoms with van der Waals surface area (Å²) in [6.07, 6.45) is 0. The molecule has 1 aromatic rings. The Hall–Kier alpha value is -1.30. The molecule has 0 aromatic carbocycles. The van der Waals surface area contributed by atoms with Crippen LogP contribution in [-0.4, -0.2) is 28.3 Å². The first-order valence-electron chi connectivity index (χ1n) is 4.77. The van der Waals surface area contributed by atoms with Crippen LogP contribution < -0.4 is 5.56 Å².